The van der Waals surface area contributed by atoms with E-state index < -0.39 is 0 Å². The molecule has 0 spiro atoms. The lowest BCUT2D eigenvalue weighted by Gasteiger charge is -2.37. The number of fused-ring (bicyclic) bond motifs is 1. The molecule has 0 bridgehead atoms. The molecular formula is C17H19N5O2. The third-order valence-corrected chi connectivity index (χ3v) is 4.40. The van der Waals surface area contributed by atoms with Gasteiger partial charge in [-0.25, -0.2) is 4.98 Å². The SMILES string of the molecule is Cc1nc2ccccn2c1C(=O)N1CC(c2nc(C(C)C)no2)C1. The van der Waals surface area contributed by atoms with Crippen LogP contribution < -0.4 is 0 Å². The predicted molar refractivity (Wildman–Crippen MR) is 87.0 cm³/mol. The Balaban J connectivity index is 1.52. The molecule has 4 rings (SSSR count). The molecule has 0 N–H and O–H groups in total. The van der Waals surface area contributed by atoms with Gasteiger partial charge >= 0.3 is 0 Å². The minimum Gasteiger partial charge on any atom is -0.339 e. The molecule has 0 radical (unpaired) electrons. The summed E-state index contributed by atoms with van der Waals surface area (Å²) in [6.07, 6.45) is 1.87. The van der Waals surface area contributed by atoms with Gasteiger partial charge in [-0.1, -0.05) is 25.1 Å². The van der Waals surface area contributed by atoms with Crippen molar-refractivity contribution in [1.82, 2.24) is 24.4 Å². The van der Waals surface area contributed by atoms with Gasteiger partial charge in [-0.3, -0.25) is 9.20 Å². The van der Waals surface area contributed by atoms with Crippen molar-refractivity contribution in [2.45, 2.75) is 32.6 Å². The summed E-state index contributed by atoms with van der Waals surface area (Å²) >= 11 is 0. The summed E-state index contributed by atoms with van der Waals surface area (Å²) in [5.41, 5.74) is 2.15. The molecule has 0 aromatic carbocycles. The summed E-state index contributed by atoms with van der Waals surface area (Å²) in [5.74, 6) is 1.69. The molecule has 3 aromatic rings. The highest BCUT2D eigenvalue weighted by Crippen LogP contribution is 2.28. The van der Waals surface area contributed by atoms with Gasteiger partial charge in [0.2, 0.25) is 5.89 Å². The Morgan fingerprint density at radius 1 is 1.29 bits per heavy atom. The third-order valence-electron chi connectivity index (χ3n) is 4.40. The van der Waals surface area contributed by atoms with E-state index in [0.29, 0.717) is 30.5 Å². The minimum atomic E-state index is -0.00829. The highest BCUT2D eigenvalue weighted by atomic mass is 16.5. The van der Waals surface area contributed by atoms with Crippen LogP contribution in [0.3, 0.4) is 0 Å². The Morgan fingerprint density at radius 3 is 2.79 bits per heavy atom. The second kappa shape index (κ2) is 5.43. The third kappa shape index (κ3) is 2.28. The van der Waals surface area contributed by atoms with E-state index in [1.165, 1.54) is 0 Å². The second-order valence-electron chi connectivity index (χ2n) is 6.53. The number of carbonyl (C=O) groups is 1. The summed E-state index contributed by atoms with van der Waals surface area (Å²) in [6.45, 7) is 7.11. The van der Waals surface area contributed by atoms with Gasteiger partial charge in [0.05, 0.1) is 11.6 Å². The van der Waals surface area contributed by atoms with Crippen molar-refractivity contribution in [1.29, 1.82) is 0 Å². The molecule has 4 heterocycles. The molecule has 3 aromatic heterocycles. The van der Waals surface area contributed by atoms with Crippen LogP contribution >= 0.6 is 0 Å². The lowest BCUT2D eigenvalue weighted by molar-refractivity contribution is 0.0561. The molecule has 7 nitrogen and oxygen atoms in total. The van der Waals surface area contributed by atoms with Crippen molar-refractivity contribution in [3.63, 3.8) is 0 Å². The van der Waals surface area contributed by atoms with Gasteiger partial charge in [0.25, 0.3) is 5.91 Å². The first-order chi connectivity index (χ1) is 11.5. The molecule has 1 saturated heterocycles. The highest BCUT2D eigenvalue weighted by Gasteiger charge is 2.37. The maximum Gasteiger partial charge on any atom is 0.272 e. The van der Waals surface area contributed by atoms with Crippen molar-refractivity contribution in [3.05, 3.63) is 47.5 Å². The van der Waals surface area contributed by atoms with E-state index in [-0.39, 0.29) is 17.7 Å². The fourth-order valence-corrected chi connectivity index (χ4v) is 2.97. The zero-order valence-corrected chi connectivity index (χ0v) is 13.9. The molecule has 124 valence electrons. The Labute approximate surface area is 139 Å². The Bertz CT molecular complexity index is 905. The fraction of sp³-hybridized carbons (Fsp3) is 0.412. The molecule has 0 aliphatic carbocycles. The number of hydrogen-bond donors (Lipinski definition) is 0. The summed E-state index contributed by atoms with van der Waals surface area (Å²) < 4.78 is 7.17. The van der Waals surface area contributed by atoms with Gasteiger partial charge in [0.1, 0.15) is 11.3 Å². The summed E-state index contributed by atoms with van der Waals surface area (Å²) in [4.78, 5) is 23.5. The highest BCUT2D eigenvalue weighted by molar-refractivity contribution is 5.95. The van der Waals surface area contributed by atoms with Gasteiger partial charge < -0.3 is 9.42 Å². The smallest absolute Gasteiger partial charge is 0.272 e. The molecule has 0 atom stereocenters. The largest absolute Gasteiger partial charge is 0.339 e. The quantitative estimate of drug-likeness (QED) is 0.739. The standard InChI is InChI=1S/C17H19N5O2/c1-10(2)15-19-16(24-20-15)12-8-21(9-12)17(23)14-11(3)18-13-6-4-5-7-22(13)14/h4-7,10,12H,8-9H2,1-3H3. The number of aromatic nitrogens is 4. The van der Waals surface area contributed by atoms with E-state index >= 15 is 0 Å². The van der Waals surface area contributed by atoms with E-state index in [4.69, 9.17) is 4.52 Å². The number of amides is 1. The number of hydrogen-bond acceptors (Lipinski definition) is 5. The molecular weight excluding hydrogens is 306 g/mol. The van der Waals surface area contributed by atoms with Gasteiger partial charge in [0, 0.05) is 25.2 Å². The van der Waals surface area contributed by atoms with Gasteiger partial charge in [-0.15, -0.1) is 0 Å². The normalized spacial score (nSPS) is 15.2. The van der Waals surface area contributed by atoms with Crippen LogP contribution in [-0.2, 0) is 0 Å². The second-order valence-corrected chi connectivity index (χ2v) is 6.53. The van der Waals surface area contributed by atoms with Crippen LogP contribution in [0.5, 0.6) is 0 Å². The molecule has 1 amide bonds. The summed E-state index contributed by atoms with van der Waals surface area (Å²) in [6, 6.07) is 5.71. The van der Waals surface area contributed by atoms with E-state index in [9.17, 15) is 4.79 Å². The molecule has 0 unspecified atom stereocenters. The van der Waals surface area contributed by atoms with Gasteiger partial charge in [-0.2, -0.15) is 4.98 Å². The van der Waals surface area contributed by atoms with Crippen molar-refractivity contribution < 1.29 is 9.32 Å². The van der Waals surface area contributed by atoms with E-state index in [1.807, 2.05) is 49.6 Å². The van der Waals surface area contributed by atoms with Crippen molar-refractivity contribution in [2.24, 2.45) is 0 Å². The van der Waals surface area contributed by atoms with Crippen molar-refractivity contribution >= 4 is 11.6 Å². The number of imidazole rings is 1. The van der Waals surface area contributed by atoms with E-state index in [2.05, 4.69) is 15.1 Å². The van der Waals surface area contributed by atoms with Gasteiger partial charge in [-0.05, 0) is 19.1 Å². The van der Waals surface area contributed by atoms with Crippen LogP contribution in [0.2, 0.25) is 0 Å². The molecule has 1 fully saturated rings. The number of pyridine rings is 1. The number of nitrogens with zero attached hydrogens (tertiary/aromatic N) is 5. The lowest BCUT2D eigenvalue weighted by Crippen LogP contribution is -2.49. The van der Waals surface area contributed by atoms with Crippen LogP contribution in [0, 0.1) is 6.92 Å². The number of likely N-dealkylation sites (tertiary alicyclic amines) is 1. The predicted octanol–water partition coefficient (Wildman–Crippen LogP) is 2.39. The fourth-order valence-electron chi connectivity index (χ4n) is 2.97. The molecule has 24 heavy (non-hydrogen) atoms. The monoisotopic (exact) mass is 325 g/mol. The number of aryl methyl sites for hydroxylation is 1. The van der Waals surface area contributed by atoms with Crippen molar-refractivity contribution in [2.75, 3.05) is 13.1 Å². The Kier molecular flexibility index (Phi) is 3.37. The average Bonchev–Trinajstić information content (AvgIpc) is 3.09. The zero-order valence-electron chi connectivity index (χ0n) is 13.9. The first kappa shape index (κ1) is 14.9. The number of carbonyl (C=O) groups excluding carboxylic acids is 1. The van der Waals surface area contributed by atoms with Gasteiger partial charge in [0.15, 0.2) is 5.82 Å². The first-order valence-electron chi connectivity index (χ1n) is 8.11. The topological polar surface area (TPSA) is 76.5 Å². The van der Waals surface area contributed by atoms with Crippen LogP contribution in [-0.4, -0.2) is 43.4 Å². The van der Waals surface area contributed by atoms with Crippen LogP contribution in [0.1, 0.15) is 53.6 Å². The van der Waals surface area contributed by atoms with Crippen LogP contribution in [0.15, 0.2) is 28.9 Å². The average molecular weight is 325 g/mol. The molecule has 7 heteroatoms. The van der Waals surface area contributed by atoms with Crippen molar-refractivity contribution in [3.8, 4) is 0 Å². The lowest BCUT2D eigenvalue weighted by atomic mass is 9.99. The molecule has 0 saturated carbocycles. The molecule has 1 aliphatic heterocycles. The van der Waals surface area contributed by atoms with Crippen LogP contribution in [0.25, 0.3) is 5.65 Å². The summed E-state index contributed by atoms with van der Waals surface area (Å²) in [5, 5.41) is 3.99. The van der Waals surface area contributed by atoms with E-state index in [1.54, 1.807) is 4.90 Å². The Hall–Kier alpha value is -2.70. The van der Waals surface area contributed by atoms with Crippen LogP contribution in [0.4, 0.5) is 0 Å². The summed E-state index contributed by atoms with van der Waals surface area (Å²) in [7, 11) is 0. The Morgan fingerprint density at radius 2 is 2.08 bits per heavy atom. The zero-order chi connectivity index (χ0) is 16.8. The number of rotatable bonds is 3. The first-order valence-corrected chi connectivity index (χ1v) is 8.11. The molecule has 1 aliphatic rings. The minimum absolute atomic E-state index is 0.00829. The maximum absolute atomic E-state index is 12.8. The maximum atomic E-state index is 12.8. The van der Waals surface area contributed by atoms with E-state index in [0.717, 1.165) is 11.3 Å².